The van der Waals surface area contributed by atoms with Gasteiger partial charge in [0.05, 0.1) is 18.8 Å². The van der Waals surface area contributed by atoms with Crippen molar-refractivity contribution < 1.29 is 9.53 Å². The van der Waals surface area contributed by atoms with Crippen LogP contribution in [0.3, 0.4) is 0 Å². The molecule has 0 aliphatic carbocycles. The fraction of sp³-hybridized carbons (Fsp3) is 0.391. The molecule has 6 heteroatoms. The van der Waals surface area contributed by atoms with E-state index in [2.05, 4.69) is 29.4 Å². The van der Waals surface area contributed by atoms with Crippen LogP contribution in [0.2, 0.25) is 0 Å². The van der Waals surface area contributed by atoms with Gasteiger partial charge >= 0.3 is 0 Å². The Hall–Kier alpha value is -2.86. The Morgan fingerprint density at radius 2 is 1.83 bits per heavy atom. The van der Waals surface area contributed by atoms with E-state index < -0.39 is 0 Å². The number of hydrogen-bond donors (Lipinski definition) is 2. The van der Waals surface area contributed by atoms with Gasteiger partial charge < -0.3 is 20.7 Å². The lowest BCUT2D eigenvalue weighted by molar-refractivity contribution is -0.0586. The molecule has 6 nitrogen and oxygen atoms in total. The third kappa shape index (κ3) is 5.81. The number of aliphatic imine (C=N–C) groups is 1. The first-order chi connectivity index (χ1) is 13.9. The first-order valence-electron chi connectivity index (χ1n) is 10.1. The van der Waals surface area contributed by atoms with Crippen LogP contribution in [0.25, 0.3) is 0 Å². The Morgan fingerprint density at radius 1 is 1.14 bits per heavy atom. The molecule has 3 N–H and O–H groups in total. The molecule has 1 amide bonds. The number of anilines is 1. The van der Waals surface area contributed by atoms with Gasteiger partial charge in [0.25, 0.3) is 5.91 Å². The second-order valence-corrected chi connectivity index (χ2v) is 7.54. The third-order valence-electron chi connectivity index (χ3n) is 4.95. The zero-order chi connectivity index (χ0) is 20.8. The second kappa shape index (κ2) is 9.56. The minimum atomic E-state index is 0.0408. The number of hydrogen-bond acceptors (Lipinski definition) is 3. The SMILES string of the molecule is CCc1cccc(NC(N)=NCc2ccc(C(=O)N3CC(C)OC(C)C3)cc2)c1. The summed E-state index contributed by atoms with van der Waals surface area (Å²) in [4.78, 5) is 19.0. The maximum absolute atomic E-state index is 12.7. The van der Waals surface area contributed by atoms with Crippen molar-refractivity contribution in [3.05, 3.63) is 65.2 Å². The smallest absolute Gasteiger partial charge is 0.254 e. The van der Waals surface area contributed by atoms with E-state index in [1.165, 1.54) is 5.56 Å². The first-order valence-corrected chi connectivity index (χ1v) is 10.1. The first kappa shape index (κ1) is 20.9. The van der Waals surface area contributed by atoms with E-state index in [-0.39, 0.29) is 18.1 Å². The Bertz CT molecular complexity index is 853. The number of benzene rings is 2. The molecular weight excluding hydrogens is 364 g/mol. The summed E-state index contributed by atoms with van der Waals surface area (Å²) >= 11 is 0. The second-order valence-electron chi connectivity index (χ2n) is 7.54. The summed E-state index contributed by atoms with van der Waals surface area (Å²) in [6.45, 7) is 7.80. The zero-order valence-corrected chi connectivity index (χ0v) is 17.4. The molecule has 3 rings (SSSR count). The number of guanidine groups is 1. The topological polar surface area (TPSA) is 79.9 Å². The van der Waals surface area contributed by atoms with Gasteiger partial charge in [-0.2, -0.15) is 0 Å². The third-order valence-corrected chi connectivity index (χ3v) is 4.95. The zero-order valence-electron chi connectivity index (χ0n) is 17.4. The number of nitrogens with one attached hydrogen (secondary N) is 1. The van der Waals surface area contributed by atoms with Crippen LogP contribution in [0.4, 0.5) is 5.69 Å². The van der Waals surface area contributed by atoms with E-state index in [4.69, 9.17) is 10.5 Å². The highest BCUT2D eigenvalue weighted by atomic mass is 16.5. The molecule has 2 atom stereocenters. The van der Waals surface area contributed by atoms with Crippen LogP contribution in [-0.2, 0) is 17.7 Å². The van der Waals surface area contributed by atoms with E-state index in [1.54, 1.807) is 0 Å². The quantitative estimate of drug-likeness (QED) is 0.601. The predicted octanol–water partition coefficient (Wildman–Crippen LogP) is 3.43. The number of rotatable bonds is 5. The molecule has 2 aromatic carbocycles. The van der Waals surface area contributed by atoms with Crippen LogP contribution in [0.1, 0.15) is 42.3 Å². The van der Waals surface area contributed by atoms with Gasteiger partial charge in [0.2, 0.25) is 0 Å². The molecule has 1 saturated heterocycles. The van der Waals surface area contributed by atoms with Gasteiger partial charge in [-0.15, -0.1) is 0 Å². The summed E-state index contributed by atoms with van der Waals surface area (Å²) < 4.78 is 5.70. The molecule has 1 aliphatic heterocycles. The van der Waals surface area contributed by atoms with E-state index in [9.17, 15) is 4.79 Å². The van der Waals surface area contributed by atoms with Gasteiger partial charge in [-0.05, 0) is 55.7 Å². The Morgan fingerprint density at radius 3 is 2.48 bits per heavy atom. The van der Waals surface area contributed by atoms with E-state index in [1.807, 2.05) is 55.1 Å². The summed E-state index contributed by atoms with van der Waals surface area (Å²) in [5.41, 5.74) is 9.87. The van der Waals surface area contributed by atoms with Gasteiger partial charge in [-0.25, -0.2) is 4.99 Å². The maximum Gasteiger partial charge on any atom is 0.254 e. The Labute approximate surface area is 172 Å². The van der Waals surface area contributed by atoms with Crippen molar-refractivity contribution in [1.82, 2.24) is 4.90 Å². The van der Waals surface area contributed by atoms with Crippen molar-refractivity contribution in [1.29, 1.82) is 0 Å². The standard InChI is InChI=1S/C23H30N4O2/c1-4-18-6-5-7-21(12-18)26-23(24)25-13-19-8-10-20(11-9-19)22(28)27-14-16(2)29-17(3)15-27/h5-12,16-17H,4,13-15H2,1-3H3,(H3,24,25,26). The van der Waals surface area contributed by atoms with Crippen LogP contribution in [-0.4, -0.2) is 42.1 Å². The number of carbonyl (C=O) groups is 1. The van der Waals surface area contributed by atoms with Gasteiger partial charge in [0, 0.05) is 24.3 Å². The number of aryl methyl sites for hydroxylation is 1. The minimum absolute atomic E-state index is 0.0408. The highest BCUT2D eigenvalue weighted by Gasteiger charge is 2.26. The summed E-state index contributed by atoms with van der Waals surface area (Å²) in [6, 6.07) is 15.7. The number of amides is 1. The van der Waals surface area contributed by atoms with Crippen molar-refractivity contribution in [3.8, 4) is 0 Å². The lowest BCUT2D eigenvalue weighted by Gasteiger charge is -2.35. The normalized spacial score (nSPS) is 19.8. The molecule has 0 radical (unpaired) electrons. The number of carbonyl (C=O) groups excluding carboxylic acids is 1. The van der Waals surface area contributed by atoms with E-state index in [0.717, 1.165) is 17.7 Å². The summed E-state index contributed by atoms with van der Waals surface area (Å²) in [5.74, 6) is 0.411. The molecule has 1 heterocycles. The largest absolute Gasteiger partial charge is 0.372 e. The molecule has 1 fully saturated rings. The molecule has 0 bridgehead atoms. The molecule has 0 spiro atoms. The van der Waals surface area contributed by atoms with Crippen LogP contribution in [0.5, 0.6) is 0 Å². The fourth-order valence-electron chi connectivity index (χ4n) is 3.51. The molecule has 0 saturated carbocycles. The van der Waals surface area contributed by atoms with E-state index in [0.29, 0.717) is 31.2 Å². The molecule has 29 heavy (non-hydrogen) atoms. The molecule has 0 aromatic heterocycles. The predicted molar refractivity (Wildman–Crippen MR) is 117 cm³/mol. The highest BCUT2D eigenvalue weighted by Crippen LogP contribution is 2.15. The number of morpholine rings is 1. The summed E-state index contributed by atoms with van der Waals surface area (Å²) in [7, 11) is 0. The lowest BCUT2D eigenvalue weighted by Crippen LogP contribution is -2.48. The molecular formula is C23H30N4O2. The van der Waals surface area contributed by atoms with Gasteiger partial charge in [-0.3, -0.25) is 4.79 Å². The van der Waals surface area contributed by atoms with Crippen LogP contribution in [0, 0.1) is 0 Å². The Balaban J connectivity index is 1.58. The van der Waals surface area contributed by atoms with Crippen molar-refractivity contribution in [2.45, 2.75) is 45.9 Å². The van der Waals surface area contributed by atoms with Crippen LogP contribution < -0.4 is 11.1 Å². The van der Waals surface area contributed by atoms with E-state index >= 15 is 0 Å². The van der Waals surface area contributed by atoms with Crippen LogP contribution >= 0.6 is 0 Å². The molecule has 2 aromatic rings. The van der Waals surface area contributed by atoms with Crippen molar-refractivity contribution in [3.63, 3.8) is 0 Å². The average molecular weight is 395 g/mol. The summed E-state index contributed by atoms with van der Waals surface area (Å²) in [6.07, 6.45) is 1.09. The number of nitrogens with zero attached hydrogens (tertiary/aromatic N) is 2. The van der Waals surface area contributed by atoms with Gasteiger partial charge in [0.15, 0.2) is 5.96 Å². The lowest BCUT2D eigenvalue weighted by atomic mass is 10.1. The van der Waals surface area contributed by atoms with Crippen molar-refractivity contribution >= 4 is 17.6 Å². The number of nitrogens with two attached hydrogens (primary N) is 1. The highest BCUT2D eigenvalue weighted by molar-refractivity contribution is 5.94. The monoisotopic (exact) mass is 394 g/mol. The average Bonchev–Trinajstić information content (AvgIpc) is 2.71. The number of ether oxygens (including phenoxy) is 1. The Kier molecular flexibility index (Phi) is 6.88. The molecule has 1 aliphatic rings. The van der Waals surface area contributed by atoms with Crippen LogP contribution in [0.15, 0.2) is 53.5 Å². The van der Waals surface area contributed by atoms with Gasteiger partial charge in [0.1, 0.15) is 0 Å². The minimum Gasteiger partial charge on any atom is -0.372 e. The summed E-state index contributed by atoms with van der Waals surface area (Å²) in [5, 5.41) is 3.12. The molecule has 154 valence electrons. The van der Waals surface area contributed by atoms with Gasteiger partial charge in [-0.1, -0.05) is 31.2 Å². The molecule has 2 unspecified atom stereocenters. The fourth-order valence-corrected chi connectivity index (χ4v) is 3.51. The van der Waals surface area contributed by atoms with Crippen molar-refractivity contribution in [2.24, 2.45) is 10.7 Å². The van der Waals surface area contributed by atoms with Crippen molar-refractivity contribution in [2.75, 3.05) is 18.4 Å². The maximum atomic E-state index is 12.7.